The molecule has 0 atom stereocenters. The number of ether oxygens (including phenoxy) is 1. The van der Waals surface area contributed by atoms with Crippen molar-refractivity contribution >= 4 is 5.91 Å². The van der Waals surface area contributed by atoms with Gasteiger partial charge in [0.15, 0.2) is 0 Å². The maximum atomic E-state index is 13.1. The third-order valence-electron chi connectivity index (χ3n) is 4.67. The first-order valence-electron chi connectivity index (χ1n) is 7.90. The Hall–Kier alpha value is -0.610. The number of carbonyl (C=O) groups is 1. The highest BCUT2D eigenvalue weighted by Crippen LogP contribution is 2.37. The molecule has 0 aromatic carbocycles. The number of piperidine rings is 1. The summed E-state index contributed by atoms with van der Waals surface area (Å²) in [6, 6.07) is 0. The Balaban J connectivity index is 2.18. The standard InChI is InChI=1S/C16H30N2O2/c1-6-16(7-9-17-10-8-16)13(19)18-11-14(2,3)20-15(4,5)12-18/h17H,6-12H2,1-5H3. The van der Waals surface area contributed by atoms with E-state index in [0.29, 0.717) is 19.0 Å². The monoisotopic (exact) mass is 282 g/mol. The van der Waals surface area contributed by atoms with E-state index in [0.717, 1.165) is 32.4 Å². The molecule has 0 aliphatic carbocycles. The summed E-state index contributed by atoms with van der Waals surface area (Å²) in [5, 5.41) is 3.37. The average molecular weight is 282 g/mol. The van der Waals surface area contributed by atoms with E-state index < -0.39 is 0 Å². The van der Waals surface area contributed by atoms with Crippen molar-refractivity contribution < 1.29 is 9.53 Å². The van der Waals surface area contributed by atoms with Gasteiger partial charge in [-0.2, -0.15) is 0 Å². The van der Waals surface area contributed by atoms with Crippen LogP contribution in [0.1, 0.15) is 53.9 Å². The SMILES string of the molecule is CCC1(C(=O)N2CC(C)(C)OC(C)(C)C2)CCNCC1. The van der Waals surface area contributed by atoms with Crippen LogP contribution in [0.2, 0.25) is 0 Å². The molecular weight excluding hydrogens is 252 g/mol. The molecule has 2 aliphatic heterocycles. The quantitative estimate of drug-likeness (QED) is 0.844. The largest absolute Gasteiger partial charge is 0.366 e. The summed E-state index contributed by atoms with van der Waals surface area (Å²) < 4.78 is 6.09. The zero-order chi connectivity index (χ0) is 15.0. The highest BCUT2D eigenvalue weighted by atomic mass is 16.5. The van der Waals surface area contributed by atoms with Gasteiger partial charge in [0.1, 0.15) is 0 Å². The molecule has 0 saturated carbocycles. The smallest absolute Gasteiger partial charge is 0.229 e. The Bertz CT molecular complexity index is 355. The first kappa shape index (κ1) is 15.8. The van der Waals surface area contributed by atoms with E-state index in [1.165, 1.54) is 0 Å². The van der Waals surface area contributed by atoms with E-state index in [1.807, 2.05) is 0 Å². The number of morpholine rings is 1. The van der Waals surface area contributed by atoms with E-state index in [1.54, 1.807) is 0 Å². The van der Waals surface area contributed by atoms with Crippen molar-refractivity contribution in [3.63, 3.8) is 0 Å². The molecule has 20 heavy (non-hydrogen) atoms. The number of carbonyl (C=O) groups excluding carboxylic acids is 1. The Kier molecular flexibility index (Phi) is 4.18. The maximum absolute atomic E-state index is 13.1. The number of amides is 1. The minimum atomic E-state index is -0.265. The molecule has 2 fully saturated rings. The lowest BCUT2D eigenvalue weighted by Crippen LogP contribution is -2.61. The Morgan fingerprint density at radius 1 is 1.10 bits per heavy atom. The summed E-state index contributed by atoms with van der Waals surface area (Å²) in [4.78, 5) is 15.2. The van der Waals surface area contributed by atoms with Crippen LogP contribution in [-0.4, -0.2) is 48.2 Å². The fourth-order valence-electron chi connectivity index (χ4n) is 3.89. The summed E-state index contributed by atoms with van der Waals surface area (Å²) in [6.45, 7) is 13.8. The second-order valence-corrected chi connectivity index (χ2v) is 7.67. The molecule has 0 unspecified atom stereocenters. The van der Waals surface area contributed by atoms with Gasteiger partial charge in [-0.3, -0.25) is 4.79 Å². The molecule has 116 valence electrons. The van der Waals surface area contributed by atoms with Crippen molar-refractivity contribution in [3.8, 4) is 0 Å². The molecule has 0 aromatic heterocycles. The third-order valence-corrected chi connectivity index (χ3v) is 4.67. The molecule has 1 amide bonds. The minimum absolute atomic E-state index is 0.158. The van der Waals surface area contributed by atoms with Crippen molar-refractivity contribution in [3.05, 3.63) is 0 Å². The molecule has 2 rings (SSSR count). The van der Waals surface area contributed by atoms with E-state index in [9.17, 15) is 4.79 Å². The van der Waals surface area contributed by atoms with Gasteiger partial charge in [-0.25, -0.2) is 0 Å². The van der Waals surface area contributed by atoms with Crippen LogP contribution in [0.4, 0.5) is 0 Å². The molecule has 0 aromatic rings. The van der Waals surface area contributed by atoms with Gasteiger partial charge in [0.2, 0.25) is 5.91 Å². The van der Waals surface area contributed by atoms with Crippen molar-refractivity contribution in [1.29, 1.82) is 0 Å². The number of nitrogens with zero attached hydrogens (tertiary/aromatic N) is 1. The van der Waals surface area contributed by atoms with Crippen molar-refractivity contribution in [2.45, 2.75) is 65.1 Å². The van der Waals surface area contributed by atoms with Crippen LogP contribution in [0.15, 0.2) is 0 Å². The predicted molar refractivity (Wildman–Crippen MR) is 80.7 cm³/mol. The first-order chi connectivity index (χ1) is 9.20. The first-order valence-corrected chi connectivity index (χ1v) is 7.90. The van der Waals surface area contributed by atoms with Gasteiger partial charge in [-0.05, 0) is 60.0 Å². The van der Waals surface area contributed by atoms with Crippen LogP contribution in [0, 0.1) is 5.41 Å². The second-order valence-electron chi connectivity index (χ2n) is 7.67. The number of hydrogen-bond donors (Lipinski definition) is 1. The normalized spacial score (nSPS) is 28.1. The zero-order valence-corrected chi connectivity index (χ0v) is 13.7. The van der Waals surface area contributed by atoms with Gasteiger partial charge in [-0.1, -0.05) is 6.92 Å². The third kappa shape index (κ3) is 3.17. The molecule has 2 heterocycles. The Morgan fingerprint density at radius 3 is 2.05 bits per heavy atom. The van der Waals surface area contributed by atoms with Gasteiger partial charge >= 0.3 is 0 Å². The van der Waals surface area contributed by atoms with Crippen LogP contribution in [-0.2, 0) is 9.53 Å². The molecule has 0 spiro atoms. The van der Waals surface area contributed by atoms with E-state index in [2.05, 4.69) is 44.8 Å². The fourth-order valence-corrected chi connectivity index (χ4v) is 3.89. The summed E-state index contributed by atoms with van der Waals surface area (Å²) in [5.41, 5.74) is -0.687. The highest BCUT2D eigenvalue weighted by molar-refractivity contribution is 5.83. The van der Waals surface area contributed by atoms with Gasteiger partial charge < -0.3 is 15.0 Å². The summed E-state index contributed by atoms with van der Waals surface area (Å²) in [7, 11) is 0. The number of hydrogen-bond acceptors (Lipinski definition) is 3. The second kappa shape index (κ2) is 5.30. The molecule has 2 aliphatic rings. The molecule has 0 radical (unpaired) electrons. The number of rotatable bonds is 2. The van der Waals surface area contributed by atoms with Crippen LogP contribution >= 0.6 is 0 Å². The molecule has 0 bridgehead atoms. The van der Waals surface area contributed by atoms with Crippen molar-refractivity contribution in [2.75, 3.05) is 26.2 Å². The molecule has 2 saturated heterocycles. The van der Waals surface area contributed by atoms with E-state index in [-0.39, 0.29) is 16.6 Å². The Labute approximate surface area is 123 Å². The summed E-state index contributed by atoms with van der Waals surface area (Å²) in [6.07, 6.45) is 2.85. The molecule has 1 N–H and O–H groups in total. The van der Waals surface area contributed by atoms with Gasteiger partial charge in [0.25, 0.3) is 0 Å². The van der Waals surface area contributed by atoms with Crippen molar-refractivity contribution in [2.24, 2.45) is 5.41 Å². The fraction of sp³-hybridized carbons (Fsp3) is 0.938. The molecule has 4 heteroatoms. The van der Waals surface area contributed by atoms with Crippen LogP contribution in [0.3, 0.4) is 0 Å². The lowest BCUT2D eigenvalue weighted by atomic mass is 9.75. The highest BCUT2D eigenvalue weighted by Gasteiger charge is 2.46. The predicted octanol–water partition coefficient (Wildman–Crippen LogP) is 2.18. The zero-order valence-electron chi connectivity index (χ0n) is 13.7. The summed E-state index contributed by atoms with van der Waals surface area (Å²) in [5.74, 6) is 0.339. The lowest BCUT2D eigenvalue weighted by Gasteiger charge is -2.50. The lowest BCUT2D eigenvalue weighted by molar-refractivity contribution is -0.194. The van der Waals surface area contributed by atoms with Crippen LogP contribution in [0.25, 0.3) is 0 Å². The average Bonchev–Trinajstić information content (AvgIpc) is 2.35. The Morgan fingerprint density at radius 2 is 1.60 bits per heavy atom. The topological polar surface area (TPSA) is 41.6 Å². The molecular formula is C16H30N2O2. The summed E-state index contributed by atoms with van der Waals surface area (Å²) >= 11 is 0. The van der Waals surface area contributed by atoms with Crippen LogP contribution < -0.4 is 5.32 Å². The van der Waals surface area contributed by atoms with Crippen LogP contribution in [0.5, 0.6) is 0 Å². The van der Waals surface area contributed by atoms with E-state index >= 15 is 0 Å². The van der Waals surface area contributed by atoms with Gasteiger partial charge in [0, 0.05) is 13.1 Å². The molecule has 4 nitrogen and oxygen atoms in total. The van der Waals surface area contributed by atoms with Gasteiger partial charge in [0.05, 0.1) is 16.6 Å². The minimum Gasteiger partial charge on any atom is -0.366 e. The van der Waals surface area contributed by atoms with Gasteiger partial charge in [-0.15, -0.1) is 0 Å². The van der Waals surface area contributed by atoms with Crippen molar-refractivity contribution in [1.82, 2.24) is 10.2 Å². The maximum Gasteiger partial charge on any atom is 0.229 e. The number of nitrogens with one attached hydrogen (secondary N) is 1. The van der Waals surface area contributed by atoms with E-state index in [4.69, 9.17) is 4.74 Å².